The maximum Gasteiger partial charge on any atom is 0.239 e. The first-order valence-corrected chi connectivity index (χ1v) is 8.54. The van der Waals surface area contributed by atoms with Crippen molar-refractivity contribution in [1.29, 1.82) is 0 Å². The molecule has 0 saturated carbocycles. The zero-order chi connectivity index (χ0) is 19.3. The standard InChI is InChI=1S/C21H26N2O3/c1-14-7-6-8-18(15(14)2)23-20(25)21(3,4)19(24)22-13-16-9-11-17(26-5)12-10-16/h6-12H,13H2,1-5H3,(H,22,24)(H,23,25). The number of hydrogen-bond acceptors (Lipinski definition) is 3. The van der Waals surface area contributed by atoms with Crippen LogP contribution in [0.4, 0.5) is 5.69 Å². The van der Waals surface area contributed by atoms with Crippen LogP contribution in [-0.2, 0) is 16.1 Å². The predicted molar refractivity (Wildman–Crippen MR) is 103 cm³/mol. The van der Waals surface area contributed by atoms with Gasteiger partial charge in [-0.1, -0.05) is 24.3 Å². The lowest BCUT2D eigenvalue weighted by molar-refractivity contribution is -0.138. The molecule has 26 heavy (non-hydrogen) atoms. The molecule has 0 atom stereocenters. The van der Waals surface area contributed by atoms with Gasteiger partial charge in [0.05, 0.1) is 7.11 Å². The van der Waals surface area contributed by atoms with Crippen molar-refractivity contribution >= 4 is 17.5 Å². The van der Waals surface area contributed by atoms with Crippen LogP contribution >= 0.6 is 0 Å². The van der Waals surface area contributed by atoms with Crippen molar-refractivity contribution in [2.75, 3.05) is 12.4 Å². The maximum absolute atomic E-state index is 12.6. The number of rotatable bonds is 6. The van der Waals surface area contributed by atoms with Gasteiger partial charge >= 0.3 is 0 Å². The molecule has 2 N–H and O–H groups in total. The third-order valence-corrected chi connectivity index (χ3v) is 4.60. The maximum atomic E-state index is 12.6. The van der Waals surface area contributed by atoms with Gasteiger partial charge in [0.1, 0.15) is 11.2 Å². The smallest absolute Gasteiger partial charge is 0.239 e. The number of carbonyl (C=O) groups is 2. The van der Waals surface area contributed by atoms with E-state index in [-0.39, 0.29) is 11.8 Å². The Bertz CT molecular complexity index is 795. The summed E-state index contributed by atoms with van der Waals surface area (Å²) < 4.78 is 5.11. The quantitative estimate of drug-likeness (QED) is 0.779. The van der Waals surface area contributed by atoms with Crippen LogP contribution in [0.2, 0.25) is 0 Å². The van der Waals surface area contributed by atoms with Gasteiger partial charge in [-0.25, -0.2) is 0 Å². The third-order valence-electron chi connectivity index (χ3n) is 4.60. The van der Waals surface area contributed by atoms with Gasteiger partial charge in [-0.05, 0) is 62.6 Å². The fourth-order valence-corrected chi connectivity index (χ4v) is 2.41. The van der Waals surface area contributed by atoms with Crippen LogP contribution in [0.5, 0.6) is 5.75 Å². The van der Waals surface area contributed by atoms with E-state index < -0.39 is 5.41 Å². The number of ether oxygens (including phenoxy) is 1. The summed E-state index contributed by atoms with van der Waals surface area (Å²) in [7, 11) is 1.61. The molecule has 2 amide bonds. The van der Waals surface area contributed by atoms with Gasteiger partial charge in [-0.3, -0.25) is 9.59 Å². The van der Waals surface area contributed by atoms with E-state index in [9.17, 15) is 9.59 Å². The number of benzene rings is 2. The summed E-state index contributed by atoms with van der Waals surface area (Å²) >= 11 is 0. The number of aryl methyl sites for hydroxylation is 1. The first kappa shape index (κ1) is 19.5. The molecule has 2 aromatic carbocycles. The molecular weight excluding hydrogens is 328 g/mol. The lowest BCUT2D eigenvalue weighted by Crippen LogP contribution is -2.45. The van der Waals surface area contributed by atoms with Crippen molar-refractivity contribution < 1.29 is 14.3 Å². The normalized spacial score (nSPS) is 11.0. The zero-order valence-corrected chi connectivity index (χ0v) is 16.0. The summed E-state index contributed by atoms with van der Waals surface area (Å²) in [5.41, 5.74) is 2.55. The molecule has 0 radical (unpaired) electrons. The van der Waals surface area contributed by atoms with Crippen LogP contribution in [-0.4, -0.2) is 18.9 Å². The Morgan fingerprint density at radius 3 is 2.27 bits per heavy atom. The number of methoxy groups -OCH3 is 1. The Hall–Kier alpha value is -2.82. The molecule has 0 bridgehead atoms. The second-order valence-corrected chi connectivity index (χ2v) is 6.86. The molecule has 0 aliphatic heterocycles. The van der Waals surface area contributed by atoms with Crippen LogP contribution in [0.1, 0.15) is 30.5 Å². The number of carbonyl (C=O) groups excluding carboxylic acids is 2. The zero-order valence-electron chi connectivity index (χ0n) is 16.0. The Morgan fingerprint density at radius 1 is 1.00 bits per heavy atom. The highest BCUT2D eigenvalue weighted by molar-refractivity contribution is 6.10. The van der Waals surface area contributed by atoms with Crippen LogP contribution in [0.25, 0.3) is 0 Å². The molecule has 0 saturated heterocycles. The number of anilines is 1. The Balaban J connectivity index is 2.01. The van der Waals surface area contributed by atoms with Gasteiger partial charge in [0.15, 0.2) is 0 Å². The molecule has 2 rings (SSSR count). The van der Waals surface area contributed by atoms with Gasteiger partial charge in [0.25, 0.3) is 0 Å². The SMILES string of the molecule is COc1ccc(CNC(=O)C(C)(C)C(=O)Nc2cccc(C)c2C)cc1. The topological polar surface area (TPSA) is 67.4 Å². The number of amides is 2. The van der Waals surface area contributed by atoms with Crippen LogP contribution in [0.3, 0.4) is 0 Å². The van der Waals surface area contributed by atoms with Gasteiger partial charge in [-0.15, -0.1) is 0 Å². The fraction of sp³-hybridized carbons (Fsp3) is 0.333. The fourth-order valence-electron chi connectivity index (χ4n) is 2.41. The van der Waals surface area contributed by atoms with E-state index in [4.69, 9.17) is 4.74 Å². The minimum absolute atomic E-state index is 0.323. The molecule has 0 heterocycles. The second kappa shape index (κ2) is 8.04. The molecule has 0 aliphatic carbocycles. The molecular formula is C21H26N2O3. The molecule has 0 fully saturated rings. The van der Waals surface area contributed by atoms with Crippen molar-refractivity contribution in [2.45, 2.75) is 34.2 Å². The molecule has 138 valence electrons. The minimum atomic E-state index is -1.19. The van der Waals surface area contributed by atoms with Crippen molar-refractivity contribution in [3.8, 4) is 5.75 Å². The summed E-state index contributed by atoms with van der Waals surface area (Å²) in [6, 6.07) is 13.1. The highest BCUT2D eigenvalue weighted by atomic mass is 16.5. The van der Waals surface area contributed by atoms with Crippen LogP contribution < -0.4 is 15.4 Å². The highest BCUT2D eigenvalue weighted by Gasteiger charge is 2.36. The molecule has 0 aliphatic rings. The van der Waals surface area contributed by atoms with Crippen LogP contribution in [0.15, 0.2) is 42.5 Å². The lowest BCUT2D eigenvalue weighted by Gasteiger charge is -2.23. The summed E-state index contributed by atoms with van der Waals surface area (Å²) in [5, 5.41) is 5.70. The molecule has 2 aromatic rings. The first-order chi connectivity index (χ1) is 12.3. The van der Waals surface area contributed by atoms with E-state index >= 15 is 0 Å². The molecule has 0 unspecified atom stereocenters. The van der Waals surface area contributed by atoms with Gasteiger partial charge in [0, 0.05) is 12.2 Å². The van der Waals surface area contributed by atoms with E-state index in [0.29, 0.717) is 6.54 Å². The average Bonchev–Trinajstić information content (AvgIpc) is 2.63. The molecule has 0 spiro atoms. The van der Waals surface area contributed by atoms with E-state index in [1.54, 1.807) is 21.0 Å². The first-order valence-electron chi connectivity index (χ1n) is 8.54. The van der Waals surface area contributed by atoms with Crippen molar-refractivity contribution in [3.63, 3.8) is 0 Å². The monoisotopic (exact) mass is 354 g/mol. The summed E-state index contributed by atoms with van der Waals surface area (Å²) in [4.78, 5) is 25.2. The van der Waals surface area contributed by atoms with Gasteiger partial charge in [-0.2, -0.15) is 0 Å². The number of hydrogen-bond donors (Lipinski definition) is 2. The third kappa shape index (κ3) is 4.42. The van der Waals surface area contributed by atoms with Crippen molar-refractivity contribution in [2.24, 2.45) is 5.41 Å². The van der Waals surface area contributed by atoms with E-state index in [1.807, 2.05) is 56.3 Å². The second-order valence-electron chi connectivity index (χ2n) is 6.86. The number of nitrogens with one attached hydrogen (secondary N) is 2. The Labute approximate surface area is 154 Å². The van der Waals surface area contributed by atoms with Crippen molar-refractivity contribution in [3.05, 3.63) is 59.2 Å². The van der Waals surface area contributed by atoms with Crippen molar-refractivity contribution in [1.82, 2.24) is 5.32 Å². The largest absolute Gasteiger partial charge is 0.497 e. The summed E-state index contributed by atoms with van der Waals surface area (Å²) in [6.07, 6.45) is 0. The van der Waals surface area contributed by atoms with E-state index in [2.05, 4.69) is 10.6 Å². The predicted octanol–water partition coefficient (Wildman–Crippen LogP) is 3.59. The van der Waals surface area contributed by atoms with Gasteiger partial charge in [0.2, 0.25) is 11.8 Å². The van der Waals surface area contributed by atoms with Gasteiger partial charge < -0.3 is 15.4 Å². The average molecular weight is 354 g/mol. The molecule has 5 heteroatoms. The Kier molecular flexibility index (Phi) is 6.03. The summed E-state index contributed by atoms with van der Waals surface area (Å²) in [5.74, 6) is 0.0999. The van der Waals surface area contributed by atoms with Crippen LogP contribution in [0, 0.1) is 19.3 Å². The highest BCUT2D eigenvalue weighted by Crippen LogP contribution is 2.23. The lowest BCUT2D eigenvalue weighted by atomic mass is 9.90. The molecule has 0 aromatic heterocycles. The Morgan fingerprint density at radius 2 is 1.65 bits per heavy atom. The minimum Gasteiger partial charge on any atom is -0.497 e. The van der Waals surface area contributed by atoms with E-state index in [1.165, 1.54) is 0 Å². The summed E-state index contributed by atoms with van der Waals surface area (Å²) in [6.45, 7) is 7.52. The molecule has 5 nitrogen and oxygen atoms in total. The van der Waals surface area contributed by atoms with E-state index in [0.717, 1.165) is 28.1 Å².